The predicted octanol–water partition coefficient (Wildman–Crippen LogP) is 3.03. The highest BCUT2D eigenvalue weighted by Crippen LogP contribution is 2.24. The molecule has 0 unspecified atom stereocenters. The van der Waals surface area contributed by atoms with Crippen molar-refractivity contribution in [2.45, 2.75) is 23.9 Å². The van der Waals surface area contributed by atoms with E-state index >= 15 is 0 Å². The lowest BCUT2D eigenvalue weighted by Gasteiger charge is -2.16. The van der Waals surface area contributed by atoms with Gasteiger partial charge in [-0.05, 0) is 37.3 Å². The number of ether oxygens (including phenoxy) is 1. The SMILES string of the molecule is COCCn1c(S[C@H](C)C(=O)Nc2cccc(C#N)c2)nc2ccccc2c1=O. The van der Waals surface area contributed by atoms with Gasteiger partial charge in [-0.2, -0.15) is 5.26 Å². The maximum Gasteiger partial charge on any atom is 0.262 e. The molecule has 0 fully saturated rings. The maximum atomic E-state index is 12.9. The van der Waals surface area contributed by atoms with E-state index in [-0.39, 0.29) is 11.5 Å². The fourth-order valence-electron chi connectivity index (χ4n) is 2.74. The molecule has 1 amide bonds. The zero-order chi connectivity index (χ0) is 20.8. The number of amides is 1. The second-order valence-corrected chi connectivity index (χ2v) is 7.61. The highest BCUT2D eigenvalue weighted by Gasteiger charge is 2.19. The number of nitrogens with zero attached hydrogens (tertiary/aromatic N) is 3. The summed E-state index contributed by atoms with van der Waals surface area (Å²) in [5, 5.41) is 12.3. The van der Waals surface area contributed by atoms with E-state index in [1.165, 1.54) is 16.3 Å². The monoisotopic (exact) mass is 408 g/mol. The van der Waals surface area contributed by atoms with Crippen molar-refractivity contribution in [3.8, 4) is 6.07 Å². The first-order chi connectivity index (χ1) is 14.0. The van der Waals surface area contributed by atoms with E-state index < -0.39 is 5.25 Å². The fourth-order valence-corrected chi connectivity index (χ4v) is 3.67. The second kappa shape index (κ2) is 9.37. The summed E-state index contributed by atoms with van der Waals surface area (Å²) in [6, 6.07) is 15.9. The number of aromatic nitrogens is 2. The third-order valence-corrected chi connectivity index (χ3v) is 5.35. The topological polar surface area (TPSA) is 97.0 Å². The predicted molar refractivity (Wildman–Crippen MR) is 113 cm³/mol. The fraction of sp³-hybridized carbons (Fsp3) is 0.238. The van der Waals surface area contributed by atoms with Crippen LogP contribution >= 0.6 is 11.8 Å². The molecule has 0 saturated heterocycles. The number of benzene rings is 2. The molecule has 1 atom stereocenters. The van der Waals surface area contributed by atoms with Crippen molar-refractivity contribution in [1.29, 1.82) is 5.26 Å². The van der Waals surface area contributed by atoms with Crippen molar-refractivity contribution >= 4 is 34.3 Å². The lowest BCUT2D eigenvalue weighted by Crippen LogP contribution is -2.28. The minimum absolute atomic E-state index is 0.163. The molecule has 0 radical (unpaired) electrons. The van der Waals surface area contributed by atoms with E-state index in [1.807, 2.05) is 12.1 Å². The Morgan fingerprint density at radius 3 is 2.86 bits per heavy atom. The van der Waals surface area contributed by atoms with Gasteiger partial charge in [0, 0.05) is 12.8 Å². The van der Waals surface area contributed by atoms with Crippen molar-refractivity contribution in [2.24, 2.45) is 0 Å². The number of anilines is 1. The quantitative estimate of drug-likeness (QED) is 0.477. The number of rotatable bonds is 7. The lowest BCUT2D eigenvalue weighted by atomic mass is 10.2. The van der Waals surface area contributed by atoms with E-state index in [0.717, 1.165) is 0 Å². The largest absolute Gasteiger partial charge is 0.383 e. The van der Waals surface area contributed by atoms with Crippen LogP contribution in [0.15, 0.2) is 58.5 Å². The summed E-state index contributed by atoms with van der Waals surface area (Å²) in [5.74, 6) is -0.245. The molecular weight excluding hydrogens is 388 g/mol. The Hall–Kier alpha value is -3.15. The van der Waals surface area contributed by atoms with Crippen molar-refractivity contribution in [3.63, 3.8) is 0 Å². The molecule has 148 valence electrons. The first-order valence-electron chi connectivity index (χ1n) is 8.99. The van der Waals surface area contributed by atoms with Crippen LogP contribution in [0.1, 0.15) is 12.5 Å². The van der Waals surface area contributed by atoms with Crippen molar-refractivity contribution < 1.29 is 9.53 Å². The molecule has 1 heterocycles. The zero-order valence-corrected chi connectivity index (χ0v) is 16.9. The standard InChI is InChI=1S/C21H20N4O3S/c1-14(19(26)23-16-7-5-6-15(12-16)13-22)29-21-24-18-9-4-3-8-17(18)20(27)25(21)10-11-28-2/h3-9,12,14H,10-11H2,1-2H3,(H,23,26)/t14-/m1/s1. The van der Waals surface area contributed by atoms with Crippen LogP contribution < -0.4 is 10.9 Å². The Kier molecular flexibility index (Phi) is 6.65. The van der Waals surface area contributed by atoms with Gasteiger partial charge in [0.1, 0.15) is 0 Å². The highest BCUT2D eigenvalue weighted by molar-refractivity contribution is 8.00. The number of carbonyl (C=O) groups excluding carboxylic acids is 1. The summed E-state index contributed by atoms with van der Waals surface area (Å²) < 4.78 is 6.66. The third-order valence-electron chi connectivity index (χ3n) is 4.26. The molecule has 0 aliphatic rings. The van der Waals surface area contributed by atoms with Crippen LogP contribution in [-0.2, 0) is 16.1 Å². The first kappa shape index (κ1) is 20.6. The molecule has 0 bridgehead atoms. The van der Waals surface area contributed by atoms with Crippen molar-refractivity contribution in [2.75, 3.05) is 19.0 Å². The van der Waals surface area contributed by atoms with Gasteiger partial charge in [-0.3, -0.25) is 14.2 Å². The summed E-state index contributed by atoms with van der Waals surface area (Å²) in [6.45, 7) is 2.44. The van der Waals surface area contributed by atoms with E-state index in [1.54, 1.807) is 56.5 Å². The molecule has 0 saturated carbocycles. The number of fused-ring (bicyclic) bond motifs is 1. The van der Waals surface area contributed by atoms with Crippen LogP contribution in [0.25, 0.3) is 10.9 Å². The van der Waals surface area contributed by atoms with Crippen LogP contribution in [0.5, 0.6) is 0 Å². The normalized spacial score (nSPS) is 11.8. The molecule has 0 spiro atoms. The van der Waals surface area contributed by atoms with Gasteiger partial charge in [0.05, 0.1) is 40.9 Å². The minimum Gasteiger partial charge on any atom is -0.383 e. The highest BCUT2D eigenvalue weighted by atomic mass is 32.2. The number of hydrogen-bond acceptors (Lipinski definition) is 6. The molecule has 7 nitrogen and oxygen atoms in total. The molecule has 1 N–H and O–H groups in total. The summed E-state index contributed by atoms with van der Waals surface area (Å²) in [4.78, 5) is 30.1. The van der Waals surface area contributed by atoms with Crippen LogP contribution in [0.3, 0.4) is 0 Å². The van der Waals surface area contributed by atoms with Crippen LogP contribution in [0, 0.1) is 11.3 Å². The summed E-state index contributed by atoms with van der Waals surface area (Å²) in [7, 11) is 1.57. The maximum absolute atomic E-state index is 12.9. The number of para-hydroxylation sites is 1. The molecule has 29 heavy (non-hydrogen) atoms. The Morgan fingerprint density at radius 1 is 1.31 bits per heavy atom. The number of nitrogens with one attached hydrogen (secondary N) is 1. The van der Waals surface area contributed by atoms with Gasteiger partial charge in [0.25, 0.3) is 5.56 Å². The van der Waals surface area contributed by atoms with Crippen LogP contribution in [-0.4, -0.2) is 34.4 Å². The number of thioether (sulfide) groups is 1. The molecule has 1 aromatic heterocycles. The molecule has 0 aliphatic carbocycles. The summed E-state index contributed by atoms with van der Waals surface area (Å²) >= 11 is 1.21. The Balaban J connectivity index is 1.86. The van der Waals surface area contributed by atoms with Gasteiger partial charge in [-0.1, -0.05) is 30.0 Å². The van der Waals surface area contributed by atoms with E-state index in [0.29, 0.717) is 40.5 Å². The van der Waals surface area contributed by atoms with Gasteiger partial charge in [0.2, 0.25) is 5.91 Å². The molecule has 8 heteroatoms. The Morgan fingerprint density at radius 2 is 2.10 bits per heavy atom. The number of methoxy groups -OCH3 is 1. The Bertz CT molecular complexity index is 1140. The second-order valence-electron chi connectivity index (χ2n) is 6.30. The summed E-state index contributed by atoms with van der Waals surface area (Å²) in [6.07, 6.45) is 0. The Labute approximate surface area is 172 Å². The van der Waals surface area contributed by atoms with E-state index in [9.17, 15) is 9.59 Å². The van der Waals surface area contributed by atoms with Gasteiger partial charge in [0.15, 0.2) is 5.16 Å². The van der Waals surface area contributed by atoms with Crippen molar-refractivity contribution in [1.82, 2.24) is 9.55 Å². The van der Waals surface area contributed by atoms with Gasteiger partial charge < -0.3 is 10.1 Å². The van der Waals surface area contributed by atoms with Crippen LogP contribution in [0.2, 0.25) is 0 Å². The molecular formula is C21H20N4O3S. The average Bonchev–Trinajstić information content (AvgIpc) is 2.73. The van der Waals surface area contributed by atoms with Gasteiger partial charge >= 0.3 is 0 Å². The molecule has 0 aliphatic heterocycles. The zero-order valence-electron chi connectivity index (χ0n) is 16.1. The first-order valence-corrected chi connectivity index (χ1v) is 9.87. The number of carbonyl (C=O) groups is 1. The molecule has 2 aromatic carbocycles. The van der Waals surface area contributed by atoms with Crippen molar-refractivity contribution in [3.05, 3.63) is 64.4 Å². The number of hydrogen-bond donors (Lipinski definition) is 1. The van der Waals surface area contributed by atoms with E-state index in [4.69, 9.17) is 10.00 Å². The van der Waals surface area contributed by atoms with E-state index in [2.05, 4.69) is 10.3 Å². The lowest BCUT2D eigenvalue weighted by molar-refractivity contribution is -0.115. The van der Waals surface area contributed by atoms with Crippen LogP contribution in [0.4, 0.5) is 5.69 Å². The smallest absolute Gasteiger partial charge is 0.262 e. The van der Waals surface area contributed by atoms with Gasteiger partial charge in [-0.25, -0.2) is 4.98 Å². The molecule has 3 rings (SSSR count). The number of nitriles is 1. The summed E-state index contributed by atoms with van der Waals surface area (Å²) in [5.41, 5.74) is 1.44. The minimum atomic E-state index is -0.511. The average molecular weight is 408 g/mol. The third kappa shape index (κ3) is 4.83. The van der Waals surface area contributed by atoms with Gasteiger partial charge in [-0.15, -0.1) is 0 Å². The molecule has 3 aromatic rings.